The second-order valence-electron chi connectivity index (χ2n) is 6.63. The van der Waals surface area contributed by atoms with Crippen LogP contribution in [0.5, 0.6) is 0 Å². The summed E-state index contributed by atoms with van der Waals surface area (Å²) >= 11 is 0. The SMILES string of the molecule is CCN(CC)[Si](c1ccccc1)(N(CC)CC)C(C)(C)C. The normalized spacial score (nSPS) is 13.2. The van der Waals surface area contributed by atoms with Gasteiger partial charge in [-0.15, -0.1) is 0 Å². The molecule has 0 bridgehead atoms. The molecule has 2 nitrogen and oxygen atoms in total. The summed E-state index contributed by atoms with van der Waals surface area (Å²) in [7, 11) is -1.97. The third kappa shape index (κ3) is 3.25. The van der Waals surface area contributed by atoms with Crippen LogP contribution in [-0.2, 0) is 0 Å². The van der Waals surface area contributed by atoms with Crippen molar-refractivity contribution in [1.29, 1.82) is 0 Å². The molecule has 21 heavy (non-hydrogen) atoms. The molecule has 0 fully saturated rings. The second-order valence-corrected chi connectivity index (χ2v) is 11.3. The highest BCUT2D eigenvalue weighted by atomic mass is 28.4. The predicted molar refractivity (Wildman–Crippen MR) is 97.4 cm³/mol. The molecule has 0 N–H and O–H groups in total. The molecule has 0 aliphatic carbocycles. The smallest absolute Gasteiger partial charge is 0.245 e. The Bertz CT molecular complexity index is 391. The third-order valence-corrected chi connectivity index (χ3v) is 11.0. The predicted octanol–water partition coefficient (Wildman–Crippen LogP) is 3.82. The zero-order chi connectivity index (χ0) is 16.1. The van der Waals surface area contributed by atoms with Crippen molar-refractivity contribution in [1.82, 2.24) is 9.13 Å². The van der Waals surface area contributed by atoms with Crippen molar-refractivity contribution in [3.63, 3.8) is 0 Å². The van der Waals surface area contributed by atoms with Crippen molar-refractivity contribution in [2.24, 2.45) is 0 Å². The number of rotatable bonds is 7. The van der Waals surface area contributed by atoms with Gasteiger partial charge in [0, 0.05) is 0 Å². The van der Waals surface area contributed by atoms with E-state index in [0.29, 0.717) is 0 Å². The van der Waals surface area contributed by atoms with E-state index in [1.807, 2.05) is 0 Å². The molecule has 0 aliphatic heterocycles. The Hall–Kier alpha value is -0.643. The second kappa shape index (κ2) is 7.57. The van der Waals surface area contributed by atoms with Gasteiger partial charge in [-0.25, -0.2) is 0 Å². The summed E-state index contributed by atoms with van der Waals surface area (Å²) in [6.45, 7) is 21.0. The lowest BCUT2D eigenvalue weighted by molar-refractivity contribution is 0.332. The minimum Gasteiger partial charge on any atom is -0.308 e. The molecular formula is C18H34N2Si. The molecule has 1 aromatic carbocycles. The molecule has 0 saturated carbocycles. The van der Waals surface area contributed by atoms with Gasteiger partial charge in [0.1, 0.15) is 0 Å². The first-order chi connectivity index (χ1) is 9.89. The largest absolute Gasteiger partial charge is 0.308 e. The van der Waals surface area contributed by atoms with Crippen LogP contribution in [0.25, 0.3) is 0 Å². The lowest BCUT2D eigenvalue weighted by Crippen LogP contribution is -2.77. The Morgan fingerprint density at radius 3 is 1.43 bits per heavy atom. The van der Waals surface area contributed by atoms with Crippen LogP contribution in [0, 0.1) is 0 Å². The van der Waals surface area contributed by atoms with Crippen LogP contribution >= 0.6 is 0 Å². The molecule has 0 atom stereocenters. The van der Waals surface area contributed by atoms with Crippen molar-refractivity contribution < 1.29 is 0 Å². The minimum absolute atomic E-state index is 0.256. The minimum atomic E-state index is -1.97. The third-order valence-electron chi connectivity index (χ3n) is 4.66. The van der Waals surface area contributed by atoms with Gasteiger partial charge < -0.3 is 9.13 Å². The molecule has 0 heterocycles. The van der Waals surface area contributed by atoms with Crippen LogP contribution in [0.15, 0.2) is 30.3 Å². The molecule has 0 unspecified atom stereocenters. The highest BCUT2D eigenvalue weighted by Gasteiger charge is 2.54. The fourth-order valence-electron chi connectivity index (χ4n) is 3.98. The highest BCUT2D eigenvalue weighted by Crippen LogP contribution is 2.40. The van der Waals surface area contributed by atoms with E-state index in [-0.39, 0.29) is 5.04 Å². The van der Waals surface area contributed by atoms with Crippen LogP contribution in [0.4, 0.5) is 0 Å². The summed E-state index contributed by atoms with van der Waals surface area (Å²) in [5.41, 5.74) is 0. The lowest BCUT2D eigenvalue weighted by Gasteiger charge is -2.55. The van der Waals surface area contributed by atoms with E-state index in [1.54, 1.807) is 5.19 Å². The van der Waals surface area contributed by atoms with Gasteiger partial charge >= 0.3 is 0 Å². The molecule has 1 rings (SSSR count). The fourth-order valence-corrected chi connectivity index (χ4v) is 10.4. The van der Waals surface area contributed by atoms with Crippen molar-refractivity contribution in [2.45, 2.75) is 53.5 Å². The summed E-state index contributed by atoms with van der Waals surface area (Å²) < 4.78 is 5.52. The topological polar surface area (TPSA) is 6.48 Å². The maximum Gasteiger partial charge on any atom is 0.245 e. The number of nitrogens with zero attached hydrogens (tertiary/aromatic N) is 2. The van der Waals surface area contributed by atoms with Gasteiger partial charge in [-0.2, -0.15) is 0 Å². The van der Waals surface area contributed by atoms with Crippen molar-refractivity contribution in [3.05, 3.63) is 30.3 Å². The van der Waals surface area contributed by atoms with Crippen molar-refractivity contribution in [3.8, 4) is 0 Å². The summed E-state index contributed by atoms with van der Waals surface area (Å²) in [5.74, 6) is 0. The quantitative estimate of drug-likeness (QED) is 0.707. The molecule has 120 valence electrons. The van der Waals surface area contributed by atoms with Gasteiger partial charge in [0.2, 0.25) is 8.40 Å². The van der Waals surface area contributed by atoms with E-state index in [2.05, 4.69) is 87.9 Å². The van der Waals surface area contributed by atoms with E-state index in [4.69, 9.17) is 0 Å². The van der Waals surface area contributed by atoms with E-state index >= 15 is 0 Å². The number of hydrogen-bond acceptors (Lipinski definition) is 2. The molecule has 0 aliphatic rings. The molecule has 0 radical (unpaired) electrons. The summed E-state index contributed by atoms with van der Waals surface area (Å²) in [4.78, 5) is 0. The van der Waals surface area contributed by atoms with Gasteiger partial charge in [-0.1, -0.05) is 78.8 Å². The number of benzene rings is 1. The monoisotopic (exact) mass is 306 g/mol. The molecule has 0 amide bonds. The van der Waals surface area contributed by atoms with Gasteiger partial charge in [0.25, 0.3) is 0 Å². The van der Waals surface area contributed by atoms with Crippen LogP contribution in [0.3, 0.4) is 0 Å². The highest BCUT2D eigenvalue weighted by molar-refractivity contribution is 6.89. The standard InChI is InChI=1S/C18H34N2Si/c1-8-19(9-2)21(18(5,6)7,20(10-3)11-4)17-15-13-12-14-16-17/h12-16H,8-11H2,1-7H3. The summed E-state index contributed by atoms with van der Waals surface area (Å²) in [6.07, 6.45) is 0. The molecule has 3 heteroatoms. The van der Waals surface area contributed by atoms with Crippen molar-refractivity contribution >= 4 is 13.6 Å². The van der Waals surface area contributed by atoms with Gasteiger partial charge in [-0.3, -0.25) is 0 Å². The lowest BCUT2D eigenvalue weighted by atomic mass is 10.2. The van der Waals surface area contributed by atoms with Crippen LogP contribution in [0.1, 0.15) is 48.5 Å². The first-order valence-electron chi connectivity index (χ1n) is 8.45. The first kappa shape index (κ1) is 18.4. The summed E-state index contributed by atoms with van der Waals surface area (Å²) in [5, 5.41) is 1.80. The van der Waals surface area contributed by atoms with Crippen LogP contribution in [0.2, 0.25) is 5.04 Å². The Balaban J connectivity index is 3.64. The van der Waals surface area contributed by atoms with Gasteiger partial charge in [0.15, 0.2) is 0 Å². The Kier molecular flexibility index (Phi) is 6.63. The van der Waals surface area contributed by atoms with E-state index in [1.165, 1.54) is 0 Å². The Labute approximate surface area is 133 Å². The van der Waals surface area contributed by atoms with E-state index in [0.717, 1.165) is 26.2 Å². The van der Waals surface area contributed by atoms with Crippen molar-refractivity contribution in [2.75, 3.05) is 26.2 Å². The van der Waals surface area contributed by atoms with Gasteiger partial charge in [0.05, 0.1) is 0 Å². The zero-order valence-corrected chi connectivity index (χ0v) is 16.1. The van der Waals surface area contributed by atoms with Gasteiger partial charge in [-0.05, 0) is 36.4 Å². The summed E-state index contributed by atoms with van der Waals surface area (Å²) in [6, 6.07) is 11.3. The average molecular weight is 307 g/mol. The van der Waals surface area contributed by atoms with Crippen LogP contribution < -0.4 is 5.19 Å². The molecular weight excluding hydrogens is 272 g/mol. The zero-order valence-electron chi connectivity index (χ0n) is 15.1. The molecule has 1 aromatic rings. The molecule has 0 aromatic heterocycles. The first-order valence-corrected chi connectivity index (χ1v) is 10.3. The maximum atomic E-state index is 2.76. The fraction of sp³-hybridized carbons (Fsp3) is 0.667. The van der Waals surface area contributed by atoms with E-state index in [9.17, 15) is 0 Å². The number of hydrogen-bond donors (Lipinski definition) is 0. The van der Waals surface area contributed by atoms with Crippen LogP contribution in [-0.4, -0.2) is 43.7 Å². The molecule has 0 saturated heterocycles. The molecule has 0 spiro atoms. The van der Waals surface area contributed by atoms with E-state index < -0.39 is 8.40 Å². The maximum absolute atomic E-state index is 2.76. The average Bonchev–Trinajstić information content (AvgIpc) is 2.47. The Morgan fingerprint density at radius 1 is 0.762 bits per heavy atom. The Morgan fingerprint density at radius 2 is 1.14 bits per heavy atom.